The van der Waals surface area contributed by atoms with Crippen LogP contribution in [-0.4, -0.2) is 92.8 Å². The molecule has 2 amide bonds. The lowest BCUT2D eigenvalue weighted by atomic mass is 9.92. The lowest BCUT2D eigenvalue weighted by Crippen LogP contribution is -2.46. The van der Waals surface area contributed by atoms with Gasteiger partial charge in [-0.25, -0.2) is 4.39 Å². The van der Waals surface area contributed by atoms with Gasteiger partial charge in [-0.3, -0.25) is 19.2 Å². The number of phenols is 1. The van der Waals surface area contributed by atoms with Crippen molar-refractivity contribution in [1.82, 2.24) is 29.5 Å². The van der Waals surface area contributed by atoms with Gasteiger partial charge in [0.2, 0.25) is 0 Å². The second kappa shape index (κ2) is 13.2. The number of aryl methyl sites for hydroxylation is 2. The molecule has 1 fully saturated rings. The van der Waals surface area contributed by atoms with E-state index in [2.05, 4.69) is 24.0 Å². The Balaban J connectivity index is 1.32. The number of phenolic OH excluding ortho intramolecular Hbond substituents is 1. The van der Waals surface area contributed by atoms with Gasteiger partial charge >= 0.3 is 6.01 Å². The molecule has 0 spiro atoms. The molecule has 0 bridgehead atoms. The van der Waals surface area contributed by atoms with Crippen LogP contribution in [0.3, 0.4) is 0 Å². The summed E-state index contributed by atoms with van der Waals surface area (Å²) in [6.45, 7) is 7.14. The molecule has 7 rings (SSSR count). The van der Waals surface area contributed by atoms with Gasteiger partial charge in [0, 0.05) is 38.6 Å². The van der Waals surface area contributed by atoms with Crippen LogP contribution in [0.4, 0.5) is 15.9 Å². The number of hydrogen-bond donors (Lipinski definition) is 1. The fraction of sp³-hybridized carbons (Fsp3) is 0.486. The van der Waals surface area contributed by atoms with E-state index in [1.165, 1.54) is 17.0 Å². The monoisotopic (exact) mass is 684 g/mol. The van der Waals surface area contributed by atoms with Gasteiger partial charge in [-0.2, -0.15) is 15.1 Å². The average Bonchev–Trinajstić information content (AvgIpc) is 3.72. The Morgan fingerprint density at radius 3 is 2.62 bits per heavy atom. The Kier molecular flexibility index (Phi) is 8.87. The van der Waals surface area contributed by atoms with Gasteiger partial charge in [0.1, 0.15) is 29.6 Å². The second-order valence-corrected chi connectivity index (χ2v) is 14.0. The van der Waals surface area contributed by atoms with E-state index in [1.807, 2.05) is 16.5 Å². The van der Waals surface area contributed by atoms with E-state index in [9.17, 15) is 14.7 Å². The number of benzene rings is 2. The number of likely N-dealkylation sites (tertiary alicyclic amines) is 1. The van der Waals surface area contributed by atoms with Crippen molar-refractivity contribution in [3.05, 3.63) is 64.4 Å². The molecule has 1 N–H and O–H groups in total. The lowest BCUT2D eigenvalue weighted by Gasteiger charge is -2.35. The highest BCUT2D eigenvalue weighted by Crippen LogP contribution is 2.42. The Morgan fingerprint density at radius 1 is 1.08 bits per heavy atom. The molecule has 1 atom stereocenters. The summed E-state index contributed by atoms with van der Waals surface area (Å²) in [7, 11) is 5.54. The summed E-state index contributed by atoms with van der Waals surface area (Å²) in [5.74, 6) is -0.451. The third-order valence-corrected chi connectivity index (χ3v) is 10.6. The average molecular weight is 685 g/mol. The number of anilines is 2. The number of amides is 2. The molecule has 12 nitrogen and oxygen atoms in total. The number of rotatable bonds is 9. The van der Waals surface area contributed by atoms with Crippen molar-refractivity contribution >= 4 is 34.1 Å². The number of hydrogen-bond acceptors (Lipinski definition) is 9. The van der Waals surface area contributed by atoms with Crippen LogP contribution < -0.4 is 14.5 Å². The molecule has 13 heteroatoms. The first-order valence-electron chi connectivity index (χ1n) is 17.6. The Hall–Kier alpha value is -4.78. The van der Waals surface area contributed by atoms with Crippen molar-refractivity contribution < 1.29 is 23.8 Å². The van der Waals surface area contributed by atoms with Crippen LogP contribution >= 0.6 is 0 Å². The zero-order valence-electron chi connectivity index (χ0n) is 29.5. The first-order valence-corrected chi connectivity index (χ1v) is 17.6. The highest BCUT2D eigenvalue weighted by molar-refractivity contribution is 6.16. The predicted octanol–water partition coefficient (Wildman–Crippen LogP) is 5.15. The predicted molar refractivity (Wildman–Crippen MR) is 188 cm³/mol. The fourth-order valence-electron chi connectivity index (χ4n) is 7.97. The minimum Gasteiger partial charge on any atom is -0.508 e. The van der Waals surface area contributed by atoms with E-state index in [0.29, 0.717) is 83.9 Å². The molecule has 3 aliphatic rings. The van der Waals surface area contributed by atoms with Crippen LogP contribution in [0.2, 0.25) is 0 Å². The number of carbonyl (C=O) groups is 2. The number of likely N-dealkylation sites (N-methyl/N-ethyl adjacent to an activating group) is 1. The van der Waals surface area contributed by atoms with Crippen molar-refractivity contribution in [3.8, 4) is 11.8 Å². The number of aromatic nitrogens is 4. The molecular weight excluding hydrogens is 639 g/mol. The number of halogens is 1. The minimum absolute atomic E-state index is 0.0222. The Bertz CT molecular complexity index is 1980. The number of fused-ring (bicyclic) bond motifs is 3. The molecule has 5 heterocycles. The van der Waals surface area contributed by atoms with Gasteiger partial charge in [-0.15, -0.1) is 0 Å². The zero-order chi connectivity index (χ0) is 35.3. The normalized spacial score (nSPS) is 19.2. The molecule has 0 saturated carbocycles. The first kappa shape index (κ1) is 33.7. The van der Waals surface area contributed by atoms with Crippen molar-refractivity contribution in [3.63, 3.8) is 0 Å². The van der Waals surface area contributed by atoms with Crippen LogP contribution in [0.1, 0.15) is 83.7 Å². The zero-order valence-corrected chi connectivity index (χ0v) is 29.5. The molecular formula is C37H45FN8O4. The Labute approximate surface area is 291 Å². The largest absolute Gasteiger partial charge is 0.508 e. The molecule has 2 aromatic heterocycles. The third kappa shape index (κ3) is 5.80. The number of carbonyl (C=O) groups excluding carboxylic acids is 2. The summed E-state index contributed by atoms with van der Waals surface area (Å²) in [4.78, 5) is 44.6. The maximum atomic E-state index is 15.1. The summed E-state index contributed by atoms with van der Waals surface area (Å²) < 4.78 is 23.5. The molecule has 0 radical (unpaired) electrons. The van der Waals surface area contributed by atoms with Crippen LogP contribution in [0.25, 0.3) is 10.8 Å². The topological polar surface area (TPSA) is 120 Å². The number of nitrogens with zero attached hydrogens (tertiary/aromatic N) is 8. The van der Waals surface area contributed by atoms with Crippen LogP contribution in [-0.2, 0) is 26.1 Å². The standard InChI is InChI=1S/C37H45FN8O4/c1-6-12-37(13-8-14-43(37)5)22-50-36-39-29-21-45(30-19-25(47)17-23-10-11-27(38)26(7-2)31(23)30)35(49)32(29)33(40-36)44-15-9-16-46-24(20-44)18-28(41-46)34(48)42(3)4/h10-11,17-19,47H,6-9,12-16,20-22H2,1-5H3. The minimum atomic E-state index is -0.363. The van der Waals surface area contributed by atoms with Gasteiger partial charge in [-0.05, 0) is 74.8 Å². The van der Waals surface area contributed by atoms with Gasteiger partial charge < -0.3 is 24.5 Å². The third-order valence-electron chi connectivity index (χ3n) is 10.6. The van der Waals surface area contributed by atoms with E-state index in [-0.39, 0.29) is 41.5 Å². The molecule has 2 aromatic carbocycles. The highest BCUT2D eigenvalue weighted by Gasteiger charge is 2.41. The molecule has 264 valence electrons. The van der Waals surface area contributed by atoms with E-state index in [4.69, 9.17) is 14.7 Å². The molecule has 0 aliphatic carbocycles. The SMILES string of the molecule is CCCC1(COc2nc3c(c(N4CCCn5nc(C(=O)N(C)C)cc5C4)n2)C(=O)N(c2cc(O)cc4ccc(F)c(CC)c24)C3)CCCN1C. The van der Waals surface area contributed by atoms with E-state index in [0.717, 1.165) is 37.9 Å². The summed E-state index contributed by atoms with van der Waals surface area (Å²) in [6.07, 6.45) is 5.23. The van der Waals surface area contributed by atoms with Crippen molar-refractivity contribution in [2.75, 3.05) is 50.6 Å². The van der Waals surface area contributed by atoms with Crippen LogP contribution in [0.5, 0.6) is 11.8 Å². The van der Waals surface area contributed by atoms with Gasteiger partial charge in [0.15, 0.2) is 5.69 Å². The van der Waals surface area contributed by atoms with E-state index < -0.39 is 0 Å². The fourth-order valence-corrected chi connectivity index (χ4v) is 7.97. The quantitative estimate of drug-likeness (QED) is 0.255. The van der Waals surface area contributed by atoms with Crippen molar-refractivity contribution in [2.24, 2.45) is 0 Å². The molecule has 1 unspecified atom stereocenters. The summed E-state index contributed by atoms with van der Waals surface area (Å²) in [5.41, 5.74) is 2.83. The molecule has 50 heavy (non-hydrogen) atoms. The summed E-state index contributed by atoms with van der Waals surface area (Å²) in [5, 5.41) is 16.6. The first-order chi connectivity index (χ1) is 24.0. The number of ether oxygens (including phenoxy) is 1. The number of aromatic hydroxyl groups is 1. The maximum absolute atomic E-state index is 15.1. The van der Waals surface area contributed by atoms with Gasteiger partial charge in [-0.1, -0.05) is 26.3 Å². The van der Waals surface area contributed by atoms with Crippen molar-refractivity contribution in [2.45, 2.75) is 77.5 Å². The summed E-state index contributed by atoms with van der Waals surface area (Å²) in [6, 6.07) is 8.13. The highest BCUT2D eigenvalue weighted by atomic mass is 19.1. The molecule has 4 aromatic rings. The van der Waals surface area contributed by atoms with E-state index in [1.54, 1.807) is 37.2 Å². The lowest BCUT2D eigenvalue weighted by molar-refractivity contribution is 0.0820. The Morgan fingerprint density at radius 2 is 1.90 bits per heavy atom. The molecule has 1 saturated heterocycles. The molecule has 3 aliphatic heterocycles. The second-order valence-electron chi connectivity index (χ2n) is 14.0. The van der Waals surface area contributed by atoms with Crippen LogP contribution in [0.15, 0.2) is 30.3 Å². The van der Waals surface area contributed by atoms with Gasteiger partial charge in [0.25, 0.3) is 11.8 Å². The van der Waals surface area contributed by atoms with Crippen molar-refractivity contribution in [1.29, 1.82) is 0 Å². The summed E-state index contributed by atoms with van der Waals surface area (Å²) >= 11 is 0. The van der Waals surface area contributed by atoms with E-state index >= 15 is 4.39 Å². The maximum Gasteiger partial charge on any atom is 0.318 e. The van der Waals surface area contributed by atoms with Crippen LogP contribution in [0, 0.1) is 5.82 Å². The van der Waals surface area contributed by atoms with Gasteiger partial charge in [0.05, 0.1) is 35.7 Å². The smallest absolute Gasteiger partial charge is 0.318 e.